The second kappa shape index (κ2) is 7.43. The molecule has 21 heavy (non-hydrogen) atoms. The molecule has 0 aliphatic rings. The van der Waals surface area contributed by atoms with Crippen molar-refractivity contribution >= 4 is 11.6 Å². The van der Waals surface area contributed by atoms with Crippen LogP contribution < -0.4 is 10.1 Å². The molecule has 0 saturated carbocycles. The summed E-state index contributed by atoms with van der Waals surface area (Å²) in [6.07, 6.45) is 0.560. The molecule has 112 valence electrons. The highest BCUT2D eigenvalue weighted by atomic mass is 35.5. The van der Waals surface area contributed by atoms with Gasteiger partial charge >= 0.3 is 0 Å². The van der Waals surface area contributed by atoms with Gasteiger partial charge in [0.05, 0.1) is 7.11 Å². The van der Waals surface area contributed by atoms with Gasteiger partial charge in [-0.25, -0.2) is 4.39 Å². The number of likely N-dealkylation sites (N-methyl/N-ethyl adjacent to an activating group) is 1. The number of ether oxygens (including phenoxy) is 1. The molecule has 0 bridgehead atoms. The third-order valence-corrected chi connectivity index (χ3v) is 3.62. The van der Waals surface area contributed by atoms with E-state index in [1.54, 1.807) is 19.2 Å². The predicted molar refractivity (Wildman–Crippen MR) is 84.5 cm³/mol. The van der Waals surface area contributed by atoms with Crippen LogP contribution in [0.3, 0.4) is 0 Å². The summed E-state index contributed by atoms with van der Waals surface area (Å²) in [5.74, 6) is 0.528. The molecule has 2 aromatic carbocycles. The van der Waals surface area contributed by atoms with E-state index in [9.17, 15) is 4.39 Å². The van der Waals surface area contributed by atoms with Gasteiger partial charge in [0.1, 0.15) is 11.6 Å². The van der Waals surface area contributed by atoms with Crippen LogP contribution in [0.1, 0.15) is 24.1 Å². The Morgan fingerprint density at radius 3 is 2.71 bits per heavy atom. The first kappa shape index (κ1) is 15.8. The monoisotopic (exact) mass is 307 g/mol. The van der Waals surface area contributed by atoms with Gasteiger partial charge in [0.2, 0.25) is 0 Å². The van der Waals surface area contributed by atoms with E-state index in [0.29, 0.717) is 17.0 Å². The van der Waals surface area contributed by atoms with Crippen molar-refractivity contribution in [3.8, 4) is 5.75 Å². The lowest BCUT2D eigenvalue weighted by Gasteiger charge is -2.19. The Bertz CT molecular complexity index is 603. The molecule has 0 heterocycles. The lowest BCUT2D eigenvalue weighted by atomic mass is 9.98. The van der Waals surface area contributed by atoms with Crippen LogP contribution in [0.15, 0.2) is 42.5 Å². The predicted octanol–water partition coefficient (Wildman–Crippen LogP) is 4.38. The Morgan fingerprint density at radius 2 is 2.05 bits per heavy atom. The summed E-state index contributed by atoms with van der Waals surface area (Å²) in [4.78, 5) is 0. The van der Waals surface area contributed by atoms with E-state index in [1.165, 1.54) is 6.07 Å². The molecular weight excluding hydrogens is 289 g/mol. The fourth-order valence-corrected chi connectivity index (χ4v) is 2.48. The van der Waals surface area contributed by atoms with Gasteiger partial charge in [-0.3, -0.25) is 0 Å². The van der Waals surface area contributed by atoms with Crippen LogP contribution in [0.5, 0.6) is 5.75 Å². The number of hydrogen-bond acceptors (Lipinski definition) is 2. The molecule has 0 spiro atoms. The average Bonchev–Trinajstić information content (AvgIpc) is 2.49. The summed E-state index contributed by atoms with van der Waals surface area (Å²) in [5.41, 5.74) is 1.72. The van der Waals surface area contributed by atoms with E-state index in [0.717, 1.165) is 17.9 Å². The number of rotatable bonds is 6. The number of methoxy groups -OCH3 is 1. The molecule has 0 saturated heterocycles. The van der Waals surface area contributed by atoms with Gasteiger partial charge < -0.3 is 10.1 Å². The van der Waals surface area contributed by atoms with Crippen molar-refractivity contribution in [2.45, 2.75) is 19.4 Å². The topological polar surface area (TPSA) is 21.3 Å². The van der Waals surface area contributed by atoms with Gasteiger partial charge in [0, 0.05) is 11.1 Å². The van der Waals surface area contributed by atoms with Crippen molar-refractivity contribution < 1.29 is 9.13 Å². The molecule has 4 heteroatoms. The molecular formula is C17H19ClFNO. The smallest absolute Gasteiger partial charge is 0.127 e. The Balaban J connectivity index is 2.25. The minimum atomic E-state index is -0.270. The zero-order chi connectivity index (χ0) is 15.2. The fourth-order valence-electron chi connectivity index (χ4n) is 2.32. The Hall–Kier alpha value is -1.58. The second-order valence-electron chi connectivity index (χ2n) is 4.83. The third kappa shape index (κ3) is 4.19. The van der Waals surface area contributed by atoms with Crippen LogP contribution in [-0.2, 0) is 6.42 Å². The van der Waals surface area contributed by atoms with Crippen molar-refractivity contribution in [3.05, 3.63) is 64.4 Å². The van der Waals surface area contributed by atoms with Crippen molar-refractivity contribution in [3.63, 3.8) is 0 Å². The molecule has 0 aliphatic heterocycles. The summed E-state index contributed by atoms with van der Waals surface area (Å²) in [7, 11) is 1.64. The van der Waals surface area contributed by atoms with Gasteiger partial charge in [-0.2, -0.15) is 0 Å². The molecule has 0 fully saturated rings. The standard InChI is InChI=1S/C17H19ClFNO/c1-3-20-17(13-5-4-6-15(9-13)21-2)10-12-7-8-14(18)11-16(12)19/h4-9,11,17,20H,3,10H2,1-2H3. The maximum Gasteiger partial charge on any atom is 0.127 e. The molecule has 2 aromatic rings. The van der Waals surface area contributed by atoms with Gasteiger partial charge in [-0.1, -0.05) is 36.7 Å². The van der Waals surface area contributed by atoms with Crippen LogP contribution in [-0.4, -0.2) is 13.7 Å². The molecule has 2 nitrogen and oxygen atoms in total. The van der Waals surface area contributed by atoms with Crippen molar-refractivity contribution in [1.29, 1.82) is 0 Å². The molecule has 1 unspecified atom stereocenters. The Morgan fingerprint density at radius 1 is 1.24 bits per heavy atom. The first-order valence-corrected chi connectivity index (χ1v) is 7.33. The summed E-state index contributed by atoms with van der Waals surface area (Å²) < 4.78 is 19.2. The van der Waals surface area contributed by atoms with E-state index in [2.05, 4.69) is 5.32 Å². The fraction of sp³-hybridized carbons (Fsp3) is 0.294. The molecule has 0 amide bonds. The average molecular weight is 308 g/mol. The Labute approximate surface area is 129 Å². The van der Waals surface area contributed by atoms with Crippen molar-refractivity contribution in [2.24, 2.45) is 0 Å². The normalized spacial score (nSPS) is 12.2. The summed E-state index contributed by atoms with van der Waals surface area (Å²) in [5, 5.41) is 3.80. The SMILES string of the molecule is CCNC(Cc1ccc(Cl)cc1F)c1cccc(OC)c1. The van der Waals surface area contributed by atoms with Gasteiger partial charge in [0.15, 0.2) is 0 Å². The minimum absolute atomic E-state index is 0.0285. The first-order chi connectivity index (χ1) is 10.1. The summed E-state index contributed by atoms with van der Waals surface area (Å²) in [6, 6.07) is 12.7. The first-order valence-electron chi connectivity index (χ1n) is 6.95. The maximum absolute atomic E-state index is 14.0. The van der Waals surface area contributed by atoms with E-state index in [4.69, 9.17) is 16.3 Å². The van der Waals surface area contributed by atoms with Crippen LogP contribution in [0.2, 0.25) is 5.02 Å². The van der Waals surface area contributed by atoms with Crippen molar-refractivity contribution in [1.82, 2.24) is 5.32 Å². The molecule has 0 aliphatic carbocycles. The summed E-state index contributed by atoms with van der Waals surface area (Å²) >= 11 is 5.80. The van der Waals surface area contributed by atoms with Crippen LogP contribution in [0, 0.1) is 5.82 Å². The van der Waals surface area contributed by atoms with Crippen LogP contribution in [0.4, 0.5) is 4.39 Å². The number of benzene rings is 2. The zero-order valence-corrected chi connectivity index (χ0v) is 13.0. The van der Waals surface area contributed by atoms with E-state index in [1.807, 2.05) is 31.2 Å². The molecule has 1 atom stereocenters. The van der Waals surface area contributed by atoms with Crippen LogP contribution in [0.25, 0.3) is 0 Å². The quantitative estimate of drug-likeness (QED) is 0.855. The number of nitrogens with one attached hydrogen (secondary N) is 1. The van der Waals surface area contributed by atoms with Crippen molar-refractivity contribution in [2.75, 3.05) is 13.7 Å². The number of hydrogen-bond donors (Lipinski definition) is 1. The van der Waals surface area contributed by atoms with Crippen LogP contribution >= 0.6 is 11.6 Å². The maximum atomic E-state index is 14.0. The lowest BCUT2D eigenvalue weighted by Crippen LogP contribution is -2.23. The van der Waals surface area contributed by atoms with E-state index in [-0.39, 0.29) is 11.9 Å². The number of halogens is 2. The molecule has 1 N–H and O–H groups in total. The second-order valence-corrected chi connectivity index (χ2v) is 5.26. The summed E-state index contributed by atoms with van der Waals surface area (Å²) in [6.45, 7) is 2.84. The van der Waals surface area contributed by atoms with E-state index >= 15 is 0 Å². The molecule has 0 aromatic heterocycles. The zero-order valence-electron chi connectivity index (χ0n) is 12.2. The van der Waals surface area contributed by atoms with Gasteiger partial charge in [-0.05, 0) is 48.4 Å². The highest BCUT2D eigenvalue weighted by Crippen LogP contribution is 2.24. The lowest BCUT2D eigenvalue weighted by molar-refractivity contribution is 0.413. The van der Waals surface area contributed by atoms with E-state index < -0.39 is 0 Å². The highest BCUT2D eigenvalue weighted by molar-refractivity contribution is 6.30. The van der Waals surface area contributed by atoms with Gasteiger partial charge in [0.25, 0.3) is 0 Å². The Kier molecular flexibility index (Phi) is 5.59. The highest BCUT2D eigenvalue weighted by Gasteiger charge is 2.14. The molecule has 0 radical (unpaired) electrons. The molecule has 2 rings (SSSR count). The van der Waals surface area contributed by atoms with Gasteiger partial charge in [-0.15, -0.1) is 0 Å². The third-order valence-electron chi connectivity index (χ3n) is 3.39. The largest absolute Gasteiger partial charge is 0.497 e. The minimum Gasteiger partial charge on any atom is -0.497 e.